The molecule has 1 aromatic heterocycles. The van der Waals surface area contributed by atoms with Gasteiger partial charge in [-0.25, -0.2) is 14.2 Å². The third-order valence-corrected chi connectivity index (χ3v) is 10.8. The van der Waals surface area contributed by atoms with Crippen LogP contribution in [0.4, 0.5) is 9.18 Å². The fraction of sp³-hybridized carbons (Fsp3) is 0.464. The van der Waals surface area contributed by atoms with Crippen LogP contribution in [0, 0.1) is 11.2 Å². The van der Waals surface area contributed by atoms with Crippen molar-refractivity contribution in [2.24, 2.45) is 0 Å². The average Bonchev–Trinajstić information content (AvgIpc) is 2.80. The number of carbonyl (C=O) groups excluding carboxylic acids is 1. The Kier molecular flexibility index (Phi) is 11.1. The molecule has 0 aliphatic rings. The predicted molar refractivity (Wildman–Crippen MR) is 157 cm³/mol. The summed E-state index contributed by atoms with van der Waals surface area (Å²) in [5.74, 6) is -0.461. The molecule has 2 rings (SSSR count). The largest absolute Gasteiger partial charge is 0.444 e. The van der Waals surface area contributed by atoms with Crippen LogP contribution in [0.3, 0.4) is 0 Å². The number of amides is 1. The number of hydrogen-bond donors (Lipinski definition) is 3. The van der Waals surface area contributed by atoms with E-state index in [1.807, 2.05) is 20.8 Å². The van der Waals surface area contributed by atoms with Gasteiger partial charge >= 0.3 is 6.09 Å². The van der Waals surface area contributed by atoms with Gasteiger partial charge in [0.05, 0.1) is 17.7 Å². The quantitative estimate of drug-likeness (QED) is 0.193. The molecule has 39 heavy (non-hydrogen) atoms. The first-order chi connectivity index (χ1) is 18.0. The van der Waals surface area contributed by atoms with Crippen molar-refractivity contribution in [1.82, 2.24) is 15.6 Å². The number of rotatable bonds is 11. The summed E-state index contributed by atoms with van der Waals surface area (Å²) in [6.45, 7) is 16.9. The summed E-state index contributed by atoms with van der Waals surface area (Å²) >= 11 is 5.73. The number of hydrogen-bond acceptors (Lipinski definition) is 7. The van der Waals surface area contributed by atoms with E-state index < -0.39 is 25.8 Å². The molecule has 8 nitrogen and oxygen atoms in total. The van der Waals surface area contributed by atoms with E-state index in [2.05, 4.69) is 49.5 Å². The number of alkyl carbamates (subject to hydrolysis) is 1. The van der Waals surface area contributed by atoms with Crippen molar-refractivity contribution in [1.29, 1.82) is 5.41 Å². The summed E-state index contributed by atoms with van der Waals surface area (Å²) in [4.78, 5) is 16.3. The van der Waals surface area contributed by atoms with Gasteiger partial charge in [0.2, 0.25) is 0 Å². The van der Waals surface area contributed by atoms with Crippen LogP contribution in [0.5, 0.6) is 11.6 Å². The number of nitrogens with zero attached hydrogens (tertiary/aromatic N) is 1. The van der Waals surface area contributed by atoms with E-state index in [0.29, 0.717) is 24.5 Å². The molecule has 214 valence electrons. The molecule has 11 heteroatoms. The first-order valence-corrected chi connectivity index (χ1v) is 16.0. The van der Waals surface area contributed by atoms with Gasteiger partial charge in [0.15, 0.2) is 14.1 Å². The van der Waals surface area contributed by atoms with Gasteiger partial charge in [0.25, 0.3) is 5.88 Å². The van der Waals surface area contributed by atoms with Crippen molar-refractivity contribution >= 4 is 37.8 Å². The van der Waals surface area contributed by atoms with Crippen molar-refractivity contribution in [3.8, 4) is 11.6 Å². The Balaban J connectivity index is 2.09. The Labute approximate surface area is 236 Å². The highest BCUT2D eigenvalue weighted by Crippen LogP contribution is 2.36. The summed E-state index contributed by atoms with van der Waals surface area (Å²) in [6, 6.07) is 7.57. The number of aromatic nitrogens is 1. The van der Waals surface area contributed by atoms with Crippen LogP contribution in [-0.2, 0) is 9.16 Å². The lowest BCUT2D eigenvalue weighted by molar-refractivity contribution is 0.0486. The van der Waals surface area contributed by atoms with E-state index >= 15 is 0 Å². The summed E-state index contributed by atoms with van der Waals surface area (Å²) < 4.78 is 31.3. The van der Waals surface area contributed by atoms with Crippen LogP contribution >= 0.6 is 11.6 Å². The maximum atomic E-state index is 14.0. The Bertz CT molecular complexity index is 1160. The van der Waals surface area contributed by atoms with Crippen molar-refractivity contribution in [3.63, 3.8) is 0 Å². The highest BCUT2D eigenvalue weighted by atomic mass is 35.5. The minimum Gasteiger partial charge on any atom is -0.444 e. The molecular weight excluding hydrogens is 539 g/mol. The van der Waals surface area contributed by atoms with E-state index in [-0.39, 0.29) is 22.0 Å². The monoisotopic (exact) mass is 578 g/mol. The Morgan fingerprint density at radius 3 is 2.36 bits per heavy atom. The minimum atomic E-state index is -2.04. The lowest BCUT2D eigenvalue weighted by atomic mass is 10.1. The van der Waals surface area contributed by atoms with Gasteiger partial charge in [0, 0.05) is 30.7 Å². The van der Waals surface area contributed by atoms with Crippen LogP contribution in [-0.4, -0.2) is 50.4 Å². The molecule has 2 aromatic rings. The number of nitrogens with one attached hydrogen (secondary N) is 3. The number of benzene rings is 1. The number of ether oxygens (including phenoxy) is 2. The second kappa shape index (κ2) is 13.4. The van der Waals surface area contributed by atoms with Crippen LogP contribution in [0.1, 0.15) is 47.1 Å². The molecule has 1 heterocycles. The molecule has 0 bridgehead atoms. The number of allylic oxidation sites excluding steroid dienone is 1. The van der Waals surface area contributed by atoms with E-state index in [9.17, 15) is 9.18 Å². The van der Waals surface area contributed by atoms with Crippen molar-refractivity contribution in [3.05, 3.63) is 59.1 Å². The first-order valence-electron chi connectivity index (χ1n) is 12.7. The molecule has 0 saturated heterocycles. The Morgan fingerprint density at radius 2 is 1.82 bits per heavy atom. The van der Waals surface area contributed by atoms with Gasteiger partial charge in [0.1, 0.15) is 11.4 Å². The smallest absolute Gasteiger partial charge is 0.408 e. The minimum absolute atomic E-state index is 0.0232. The van der Waals surface area contributed by atoms with Crippen LogP contribution in [0.25, 0.3) is 5.57 Å². The SMILES string of the molecule is CC(C)(C)OC(=O)N[C@@H](CN/C=C(\C=N)c1ccc(Oc2ncc(Cl)cc2F)cc1)CO[Si](C)(C)C(C)(C)C. The molecule has 1 aromatic carbocycles. The van der Waals surface area contributed by atoms with Crippen molar-refractivity contribution < 1.29 is 23.1 Å². The van der Waals surface area contributed by atoms with E-state index in [1.165, 1.54) is 12.4 Å². The normalized spacial score (nSPS) is 13.4. The lowest BCUT2D eigenvalue weighted by Gasteiger charge is -2.37. The van der Waals surface area contributed by atoms with Crippen LogP contribution in [0.2, 0.25) is 23.2 Å². The maximum Gasteiger partial charge on any atom is 0.408 e. The Morgan fingerprint density at radius 1 is 1.18 bits per heavy atom. The summed E-state index contributed by atoms with van der Waals surface area (Å²) in [6.07, 6.45) is 3.69. The van der Waals surface area contributed by atoms with Gasteiger partial charge in [-0.1, -0.05) is 44.5 Å². The van der Waals surface area contributed by atoms with Crippen LogP contribution < -0.4 is 15.4 Å². The number of pyridine rings is 1. The molecule has 0 spiro atoms. The zero-order valence-electron chi connectivity index (χ0n) is 23.9. The van der Waals surface area contributed by atoms with Crippen molar-refractivity contribution in [2.45, 2.75) is 71.3 Å². The third-order valence-electron chi connectivity index (χ3n) is 6.13. The van der Waals surface area contributed by atoms with Gasteiger partial charge < -0.3 is 29.9 Å². The van der Waals surface area contributed by atoms with E-state index in [0.717, 1.165) is 11.6 Å². The van der Waals surface area contributed by atoms with Crippen LogP contribution in [0.15, 0.2) is 42.7 Å². The molecule has 0 saturated carbocycles. The molecule has 0 aliphatic heterocycles. The maximum absolute atomic E-state index is 14.0. The molecule has 0 radical (unpaired) electrons. The second-order valence-electron chi connectivity index (χ2n) is 11.6. The average molecular weight is 579 g/mol. The highest BCUT2D eigenvalue weighted by Gasteiger charge is 2.37. The zero-order chi connectivity index (χ0) is 29.4. The van der Waals surface area contributed by atoms with E-state index in [4.69, 9.17) is 30.9 Å². The molecule has 3 N–H and O–H groups in total. The molecule has 0 aliphatic carbocycles. The summed E-state index contributed by atoms with van der Waals surface area (Å²) in [7, 11) is -2.04. The molecule has 0 unspecified atom stereocenters. The topological polar surface area (TPSA) is 106 Å². The summed E-state index contributed by atoms with van der Waals surface area (Å²) in [5.41, 5.74) is 0.711. The fourth-order valence-corrected chi connectivity index (χ4v) is 4.17. The highest BCUT2D eigenvalue weighted by molar-refractivity contribution is 6.74. The predicted octanol–water partition coefficient (Wildman–Crippen LogP) is 7.16. The number of halogens is 2. The second-order valence-corrected chi connectivity index (χ2v) is 16.9. The molecule has 1 atom stereocenters. The van der Waals surface area contributed by atoms with Gasteiger partial charge in [-0.3, -0.25) is 0 Å². The first kappa shape index (κ1) is 32.3. The molecule has 1 amide bonds. The number of carbonyl (C=O) groups is 1. The fourth-order valence-electron chi connectivity index (χ4n) is 2.97. The Hall–Kier alpha value is -2.95. The zero-order valence-corrected chi connectivity index (χ0v) is 25.7. The third kappa shape index (κ3) is 10.6. The van der Waals surface area contributed by atoms with Gasteiger partial charge in [-0.05, 0) is 62.7 Å². The molecular formula is C28H40ClFN4O4Si. The van der Waals surface area contributed by atoms with Crippen molar-refractivity contribution in [2.75, 3.05) is 13.2 Å². The standard InChI is InChI=1S/C28H40ClFN4O4Si/c1-27(2,3)38-26(35)34-22(18-36-39(7,8)28(4,5)6)17-32-15-20(14-31)19-9-11-23(12-10-19)37-25-24(30)13-21(29)16-33-25/h9-16,22,31-32H,17-18H2,1-8H3,(H,34,35)/b20-15+,31-14?/t22-/m0/s1. The lowest BCUT2D eigenvalue weighted by Crippen LogP contribution is -2.50. The van der Waals surface area contributed by atoms with Gasteiger partial charge in [-0.15, -0.1) is 0 Å². The summed E-state index contributed by atoms with van der Waals surface area (Å²) in [5, 5.41) is 14.2. The van der Waals surface area contributed by atoms with Gasteiger partial charge in [-0.2, -0.15) is 0 Å². The molecule has 0 fully saturated rings. The van der Waals surface area contributed by atoms with E-state index in [1.54, 1.807) is 30.5 Å².